The van der Waals surface area contributed by atoms with E-state index >= 15 is 0 Å². The molecule has 0 aliphatic carbocycles. The quantitative estimate of drug-likeness (QED) is 0.369. The van der Waals surface area contributed by atoms with Crippen LogP contribution in [-0.4, -0.2) is 33.7 Å². The van der Waals surface area contributed by atoms with Gasteiger partial charge in [-0.15, -0.1) is 0 Å². The van der Waals surface area contributed by atoms with E-state index in [4.69, 9.17) is 22.1 Å². The van der Waals surface area contributed by atoms with Crippen LogP contribution in [0.25, 0.3) is 0 Å². The van der Waals surface area contributed by atoms with Crippen LogP contribution in [0.3, 0.4) is 0 Å². The number of rotatable bonds is 6. The number of hydrogen-bond acceptors (Lipinski definition) is 5. The summed E-state index contributed by atoms with van der Waals surface area (Å²) in [6.45, 7) is 0. The van der Waals surface area contributed by atoms with Gasteiger partial charge in [0.05, 0.1) is 6.34 Å². The summed E-state index contributed by atoms with van der Waals surface area (Å²) < 4.78 is 0. The van der Waals surface area contributed by atoms with E-state index in [1.165, 1.54) is 6.34 Å². The van der Waals surface area contributed by atoms with Crippen molar-refractivity contribution in [2.45, 2.75) is 0 Å². The molecule has 22 heavy (non-hydrogen) atoms. The lowest BCUT2D eigenvalue weighted by Gasteiger charge is -2.09. The van der Waals surface area contributed by atoms with Crippen LogP contribution in [0.1, 0.15) is 10.4 Å². The van der Waals surface area contributed by atoms with Crippen LogP contribution >= 0.6 is 11.6 Å². The minimum absolute atomic E-state index is 0.0476. The predicted molar refractivity (Wildman–Crippen MR) is 84.6 cm³/mol. The maximum atomic E-state index is 11.1. The van der Waals surface area contributed by atoms with Crippen molar-refractivity contribution in [3.05, 3.63) is 41.3 Å². The molecule has 0 spiro atoms. The van der Waals surface area contributed by atoms with Gasteiger partial charge in [-0.2, -0.15) is 4.98 Å². The minimum Gasteiger partial charge on any atom is -0.477 e. The van der Waals surface area contributed by atoms with Gasteiger partial charge in [-0.1, -0.05) is 0 Å². The van der Waals surface area contributed by atoms with Gasteiger partial charge in [0, 0.05) is 17.6 Å². The number of benzene rings is 1. The van der Waals surface area contributed by atoms with Gasteiger partial charge in [0.25, 0.3) is 0 Å². The molecule has 2 rings (SSSR count). The fraction of sp³-hybridized carbons (Fsp3) is 0. The van der Waals surface area contributed by atoms with E-state index in [0.29, 0.717) is 5.69 Å². The molecule has 8 nitrogen and oxygen atoms in total. The molecule has 0 fully saturated rings. The lowest BCUT2D eigenvalue weighted by Crippen LogP contribution is -2.06. The lowest BCUT2D eigenvalue weighted by atomic mass is 10.2. The predicted octanol–water partition coefficient (Wildman–Crippen LogP) is 2.62. The summed E-state index contributed by atoms with van der Waals surface area (Å²) in [5.41, 5.74) is 1.31. The Morgan fingerprint density at radius 1 is 1.32 bits per heavy atom. The first-order valence-corrected chi connectivity index (χ1v) is 6.38. The van der Waals surface area contributed by atoms with Gasteiger partial charge in [-0.25, -0.2) is 14.8 Å². The van der Waals surface area contributed by atoms with Gasteiger partial charge in [0.2, 0.25) is 5.28 Å². The SMILES string of the molecule is N=C/N=C\Nc1ccc(Nc2nc(Cl)ncc2C(=O)O)cc1. The Hall–Kier alpha value is -3.00. The fourth-order valence-corrected chi connectivity index (χ4v) is 1.68. The molecule has 0 atom stereocenters. The maximum absolute atomic E-state index is 11.1. The van der Waals surface area contributed by atoms with Gasteiger partial charge < -0.3 is 15.7 Å². The monoisotopic (exact) mass is 318 g/mol. The molecule has 2 aromatic rings. The highest BCUT2D eigenvalue weighted by atomic mass is 35.5. The molecule has 0 aliphatic rings. The Morgan fingerprint density at radius 3 is 2.64 bits per heavy atom. The summed E-state index contributed by atoms with van der Waals surface area (Å²) in [7, 11) is 0. The summed E-state index contributed by atoms with van der Waals surface area (Å²) in [6, 6.07) is 6.95. The Bertz CT molecular complexity index is 717. The van der Waals surface area contributed by atoms with E-state index in [-0.39, 0.29) is 16.7 Å². The Labute approximate surface area is 130 Å². The van der Waals surface area contributed by atoms with Crippen molar-refractivity contribution >= 4 is 47.4 Å². The molecule has 0 aliphatic heterocycles. The zero-order chi connectivity index (χ0) is 15.9. The molecule has 0 amide bonds. The third kappa shape index (κ3) is 4.00. The van der Waals surface area contributed by atoms with Crippen molar-refractivity contribution in [1.82, 2.24) is 9.97 Å². The van der Waals surface area contributed by atoms with Gasteiger partial charge >= 0.3 is 5.97 Å². The highest BCUT2D eigenvalue weighted by Gasteiger charge is 2.13. The average Bonchev–Trinajstić information content (AvgIpc) is 2.49. The van der Waals surface area contributed by atoms with Crippen LogP contribution < -0.4 is 10.6 Å². The van der Waals surface area contributed by atoms with E-state index < -0.39 is 5.97 Å². The number of carbonyl (C=O) groups is 1. The highest BCUT2D eigenvalue weighted by Crippen LogP contribution is 2.21. The zero-order valence-electron chi connectivity index (χ0n) is 11.1. The first-order chi connectivity index (χ1) is 10.6. The largest absolute Gasteiger partial charge is 0.477 e. The van der Waals surface area contributed by atoms with Gasteiger partial charge in [-0.3, -0.25) is 5.41 Å². The average molecular weight is 319 g/mol. The molecule has 112 valence electrons. The molecule has 1 heterocycles. The second-order valence-electron chi connectivity index (χ2n) is 3.96. The molecule has 0 radical (unpaired) electrons. The normalized spacial score (nSPS) is 10.4. The van der Waals surface area contributed by atoms with Crippen LogP contribution in [0.15, 0.2) is 35.5 Å². The number of aromatic carboxylic acids is 1. The van der Waals surface area contributed by atoms with E-state index in [1.54, 1.807) is 24.3 Å². The molecule has 1 aromatic heterocycles. The van der Waals surface area contributed by atoms with Gasteiger partial charge in [0.1, 0.15) is 17.7 Å². The summed E-state index contributed by atoms with van der Waals surface area (Å²) in [5, 5.41) is 21.5. The van der Waals surface area contributed by atoms with E-state index in [1.807, 2.05) is 0 Å². The molecule has 0 unspecified atom stereocenters. The van der Waals surface area contributed by atoms with Crippen LogP contribution in [0, 0.1) is 5.41 Å². The lowest BCUT2D eigenvalue weighted by molar-refractivity contribution is 0.0697. The third-order valence-corrected chi connectivity index (χ3v) is 2.70. The van der Waals surface area contributed by atoms with Crippen molar-refractivity contribution in [3.63, 3.8) is 0 Å². The number of carboxylic acid groups (broad SMARTS) is 1. The third-order valence-electron chi connectivity index (χ3n) is 2.52. The minimum atomic E-state index is -1.15. The number of carboxylic acids is 1. The molecule has 0 saturated heterocycles. The van der Waals surface area contributed by atoms with Crippen molar-refractivity contribution in [1.29, 1.82) is 5.41 Å². The van der Waals surface area contributed by atoms with Crippen molar-refractivity contribution < 1.29 is 9.90 Å². The van der Waals surface area contributed by atoms with Gasteiger partial charge in [0.15, 0.2) is 0 Å². The number of nitrogens with zero attached hydrogens (tertiary/aromatic N) is 3. The first-order valence-electron chi connectivity index (χ1n) is 6.00. The Kier molecular flexibility index (Phi) is 4.99. The molecule has 0 bridgehead atoms. The fourth-order valence-electron chi connectivity index (χ4n) is 1.55. The smallest absolute Gasteiger partial charge is 0.341 e. The summed E-state index contributed by atoms with van der Waals surface area (Å²) in [6.07, 6.45) is 3.43. The number of nitrogens with one attached hydrogen (secondary N) is 3. The van der Waals surface area contributed by atoms with Crippen molar-refractivity contribution in [3.8, 4) is 0 Å². The van der Waals surface area contributed by atoms with Crippen LogP contribution in [-0.2, 0) is 0 Å². The molecule has 9 heteroatoms. The molecule has 1 aromatic carbocycles. The number of aromatic nitrogens is 2. The van der Waals surface area contributed by atoms with Crippen molar-refractivity contribution in [2.24, 2.45) is 4.99 Å². The van der Waals surface area contributed by atoms with Gasteiger partial charge in [-0.05, 0) is 35.9 Å². The molecule has 4 N–H and O–H groups in total. The van der Waals surface area contributed by atoms with Crippen LogP contribution in [0.4, 0.5) is 17.2 Å². The molecular weight excluding hydrogens is 308 g/mol. The van der Waals surface area contributed by atoms with Crippen LogP contribution in [0.2, 0.25) is 5.28 Å². The molecular formula is C13H11ClN6O2. The van der Waals surface area contributed by atoms with Crippen molar-refractivity contribution in [2.75, 3.05) is 10.6 Å². The standard InChI is InChI=1S/C13H11ClN6O2/c14-13-17-5-10(12(21)22)11(20-13)19-9-3-1-8(2-4-9)18-7-16-6-15/h1-7H,(H,21,22)(H2,15,16,18)(H,17,19,20). The second kappa shape index (κ2) is 7.14. The first kappa shape index (κ1) is 15.4. The summed E-state index contributed by atoms with van der Waals surface area (Å²) in [5.74, 6) is -1.04. The zero-order valence-corrected chi connectivity index (χ0v) is 11.9. The maximum Gasteiger partial charge on any atom is 0.341 e. The Balaban J connectivity index is 2.17. The second-order valence-corrected chi connectivity index (χ2v) is 4.30. The Morgan fingerprint density at radius 2 is 2.00 bits per heavy atom. The van der Waals surface area contributed by atoms with E-state index in [2.05, 4.69) is 25.6 Å². The van der Waals surface area contributed by atoms with Crippen LogP contribution in [0.5, 0.6) is 0 Å². The van der Waals surface area contributed by atoms with E-state index in [0.717, 1.165) is 18.2 Å². The number of hydrogen-bond donors (Lipinski definition) is 4. The summed E-state index contributed by atoms with van der Waals surface area (Å²) in [4.78, 5) is 22.2. The highest BCUT2D eigenvalue weighted by molar-refractivity contribution is 6.28. The number of aliphatic imine (C=N–C) groups is 1. The summed E-state index contributed by atoms with van der Waals surface area (Å²) >= 11 is 5.69. The van der Waals surface area contributed by atoms with E-state index in [9.17, 15) is 4.79 Å². The number of halogens is 1. The number of anilines is 3. The molecule has 0 saturated carbocycles. The topological polar surface area (TPSA) is 123 Å².